The molecule has 1 aromatic heterocycles. The number of fused-ring (bicyclic) bond motifs is 1. The van der Waals surface area contributed by atoms with E-state index >= 15 is 0 Å². The Labute approximate surface area is 108 Å². The van der Waals surface area contributed by atoms with Crippen molar-refractivity contribution in [1.82, 2.24) is 4.98 Å². The van der Waals surface area contributed by atoms with Crippen LogP contribution in [-0.4, -0.2) is 23.1 Å². The molecule has 0 radical (unpaired) electrons. The lowest BCUT2D eigenvalue weighted by Crippen LogP contribution is -2.25. The second-order valence-corrected chi connectivity index (χ2v) is 5.66. The molecule has 4 heteroatoms. The van der Waals surface area contributed by atoms with E-state index in [2.05, 4.69) is 10.3 Å². The van der Waals surface area contributed by atoms with Crippen LogP contribution in [0.5, 0.6) is 0 Å². The van der Waals surface area contributed by atoms with E-state index in [0.29, 0.717) is 5.56 Å². The zero-order chi connectivity index (χ0) is 13.3. The van der Waals surface area contributed by atoms with E-state index in [4.69, 9.17) is 4.74 Å². The van der Waals surface area contributed by atoms with Gasteiger partial charge in [0, 0.05) is 6.54 Å². The van der Waals surface area contributed by atoms with Crippen molar-refractivity contribution in [1.29, 1.82) is 0 Å². The van der Waals surface area contributed by atoms with E-state index in [9.17, 15) is 4.79 Å². The minimum absolute atomic E-state index is 0.291. The van der Waals surface area contributed by atoms with Gasteiger partial charge >= 0.3 is 5.97 Å². The first-order valence-corrected chi connectivity index (χ1v) is 6.34. The van der Waals surface area contributed by atoms with Crippen LogP contribution < -0.4 is 5.32 Å². The smallest absolute Gasteiger partial charge is 0.340 e. The molecule has 1 aliphatic heterocycles. The molecule has 0 fully saturated rings. The summed E-state index contributed by atoms with van der Waals surface area (Å²) in [5.74, 6) is 0.618. The fourth-order valence-corrected chi connectivity index (χ4v) is 2.02. The van der Waals surface area contributed by atoms with Crippen LogP contribution in [-0.2, 0) is 11.2 Å². The third-order valence-corrected chi connectivity index (χ3v) is 2.83. The van der Waals surface area contributed by atoms with Gasteiger partial charge in [-0.05, 0) is 52.2 Å². The van der Waals surface area contributed by atoms with Crippen LogP contribution in [0, 0.1) is 6.92 Å². The molecule has 0 unspecified atom stereocenters. The Kier molecular flexibility index (Phi) is 3.28. The van der Waals surface area contributed by atoms with Gasteiger partial charge in [-0.15, -0.1) is 0 Å². The van der Waals surface area contributed by atoms with Crippen LogP contribution in [0.1, 0.15) is 48.8 Å². The predicted octanol–water partition coefficient (Wildman–Crippen LogP) is 2.70. The highest BCUT2D eigenvalue weighted by Crippen LogP contribution is 2.24. The van der Waals surface area contributed by atoms with E-state index in [-0.39, 0.29) is 5.97 Å². The van der Waals surface area contributed by atoms with Gasteiger partial charge in [-0.2, -0.15) is 0 Å². The summed E-state index contributed by atoms with van der Waals surface area (Å²) in [7, 11) is 0. The fourth-order valence-electron chi connectivity index (χ4n) is 2.02. The number of rotatable bonds is 1. The predicted molar refractivity (Wildman–Crippen MR) is 71.0 cm³/mol. The van der Waals surface area contributed by atoms with E-state index in [1.807, 2.05) is 33.8 Å². The van der Waals surface area contributed by atoms with Crippen molar-refractivity contribution in [3.8, 4) is 0 Å². The third-order valence-electron chi connectivity index (χ3n) is 2.83. The number of carbonyl (C=O) groups is 1. The molecule has 0 spiro atoms. The molecule has 1 N–H and O–H groups in total. The average molecular weight is 248 g/mol. The molecule has 0 bridgehead atoms. The molecule has 1 aromatic rings. The lowest BCUT2D eigenvalue weighted by atomic mass is 10.0. The van der Waals surface area contributed by atoms with Crippen LogP contribution in [0.4, 0.5) is 5.82 Å². The Bertz CT molecular complexity index is 475. The van der Waals surface area contributed by atoms with Gasteiger partial charge in [0.15, 0.2) is 0 Å². The van der Waals surface area contributed by atoms with Crippen molar-refractivity contribution in [2.45, 2.75) is 46.1 Å². The first kappa shape index (κ1) is 12.9. The summed E-state index contributed by atoms with van der Waals surface area (Å²) in [6.07, 6.45) is 2.04. The highest BCUT2D eigenvalue weighted by atomic mass is 16.6. The van der Waals surface area contributed by atoms with E-state index < -0.39 is 5.60 Å². The summed E-state index contributed by atoms with van der Waals surface area (Å²) < 4.78 is 5.40. The number of esters is 1. The molecule has 4 nitrogen and oxygen atoms in total. The molecule has 0 atom stereocenters. The van der Waals surface area contributed by atoms with Crippen molar-refractivity contribution in [3.63, 3.8) is 0 Å². The summed E-state index contributed by atoms with van der Waals surface area (Å²) in [5.41, 5.74) is 1.93. The zero-order valence-corrected chi connectivity index (χ0v) is 11.5. The summed E-state index contributed by atoms with van der Waals surface area (Å²) in [6.45, 7) is 8.40. The Morgan fingerprint density at radius 3 is 2.83 bits per heavy atom. The van der Waals surface area contributed by atoms with Crippen molar-refractivity contribution in [2.24, 2.45) is 0 Å². The molecule has 1 aliphatic rings. The molecule has 0 aliphatic carbocycles. The number of aryl methyl sites for hydroxylation is 2. The fraction of sp³-hybridized carbons (Fsp3) is 0.571. The Morgan fingerprint density at radius 1 is 1.44 bits per heavy atom. The zero-order valence-electron chi connectivity index (χ0n) is 11.5. The quantitative estimate of drug-likeness (QED) is 0.776. The number of hydrogen-bond acceptors (Lipinski definition) is 4. The van der Waals surface area contributed by atoms with Gasteiger partial charge < -0.3 is 10.1 Å². The van der Waals surface area contributed by atoms with Crippen LogP contribution in [0.2, 0.25) is 0 Å². The van der Waals surface area contributed by atoms with Gasteiger partial charge in [0.2, 0.25) is 0 Å². The maximum absolute atomic E-state index is 12.1. The summed E-state index contributed by atoms with van der Waals surface area (Å²) >= 11 is 0. The van der Waals surface area contributed by atoms with Gasteiger partial charge in [0.1, 0.15) is 11.4 Å². The highest BCUT2D eigenvalue weighted by molar-refractivity contribution is 5.91. The molecule has 2 rings (SSSR count). The lowest BCUT2D eigenvalue weighted by Gasteiger charge is -2.22. The van der Waals surface area contributed by atoms with Crippen LogP contribution in [0.25, 0.3) is 0 Å². The molecular weight excluding hydrogens is 228 g/mol. The van der Waals surface area contributed by atoms with Crippen molar-refractivity contribution in [2.75, 3.05) is 11.9 Å². The standard InChI is InChI=1S/C14H20N2O2/c1-9-11(13(17)18-14(2,3)4)8-10-6-5-7-15-12(10)16-9/h8H,5-7H2,1-4H3,(H,15,16). The van der Waals surface area contributed by atoms with Gasteiger partial charge in [-0.1, -0.05) is 0 Å². The molecule has 2 heterocycles. The topological polar surface area (TPSA) is 51.2 Å². The SMILES string of the molecule is Cc1nc2c(cc1C(=O)OC(C)(C)C)CCCN2. The number of anilines is 1. The number of nitrogens with zero attached hydrogens (tertiary/aromatic N) is 1. The molecule has 0 aromatic carbocycles. The largest absolute Gasteiger partial charge is 0.456 e. The number of pyridine rings is 1. The van der Waals surface area contributed by atoms with E-state index in [0.717, 1.165) is 36.5 Å². The molecular formula is C14H20N2O2. The maximum atomic E-state index is 12.1. The molecule has 98 valence electrons. The Hall–Kier alpha value is -1.58. The number of nitrogens with one attached hydrogen (secondary N) is 1. The van der Waals surface area contributed by atoms with Crippen LogP contribution >= 0.6 is 0 Å². The average Bonchev–Trinajstić information content (AvgIpc) is 2.25. The first-order valence-electron chi connectivity index (χ1n) is 6.34. The minimum Gasteiger partial charge on any atom is -0.456 e. The van der Waals surface area contributed by atoms with Crippen molar-refractivity contribution in [3.05, 3.63) is 22.9 Å². The Morgan fingerprint density at radius 2 is 2.17 bits per heavy atom. The van der Waals surface area contributed by atoms with Gasteiger partial charge in [0.05, 0.1) is 11.3 Å². The molecule has 0 saturated heterocycles. The summed E-state index contributed by atoms with van der Waals surface area (Å²) in [6, 6.07) is 1.91. The summed E-state index contributed by atoms with van der Waals surface area (Å²) in [4.78, 5) is 16.5. The second-order valence-electron chi connectivity index (χ2n) is 5.66. The second kappa shape index (κ2) is 4.59. The number of aromatic nitrogens is 1. The number of ether oxygens (including phenoxy) is 1. The van der Waals surface area contributed by atoms with E-state index in [1.165, 1.54) is 0 Å². The monoisotopic (exact) mass is 248 g/mol. The molecule has 0 saturated carbocycles. The molecule has 18 heavy (non-hydrogen) atoms. The third kappa shape index (κ3) is 2.81. The molecule has 0 amide bonds. The van der Waals surface area contributed by atoms with Crippen molar-refractivity contribution >= 4 is 11.8 Å². The van der Waals surface area contributed by atoms with Crippen LogP contribution in [0.15, 0.2) is 6.07 Å². The number of carbonyl (C=O) groups excluding carboxylic acids is 1. The lowest BCUT2D eigenvalue weighted by molar-refractivity contribution is 0.00681. The summed E-state index contributed by atoms with van der Waals surface area (Å²) in [5, 5.41) is 3.25. The number of hydrogen-bond donors (Lipinski definition) is 1. The van der Waals surface area contributed by atoms with Crippen molar-refractivity contribution < 1.29 is 9.53 Å². The van der Waals surface area contributed by atoms with Gasteiger partial charge in [0.25, 0.3) is 0 Å². The van der Waals surface area contributed by atoms with Gasteiger partial charge in [-0.3, -0.25) is 0 Å². The normalized spacial score (nSPS) is 14.7. The Balaban J connectivity index is 2.31. The van der Waals surface area contributed by atoms with E-state index in [1.54, 1.807) is 0 Å². The first-order chi connectivity index (χ1) is 8.37. The minimum atomic E-state index is -0.475. The maximum Gasteiger partial charge on any atom is 0.340 e. The van der Waals surface area contributed by atoms with Crippen LogP contribution in [0.3, 0.4) is 0 Å². The van der Waals surface area contributed by atoms with Gasteiger partial charge in [-0.25, -0.2) is 9.78 Å². The highest BCUT2D eigenvalue weighted by Gasteiger charge is 2.22.